The number of halogens is 1. The van der Waals surface area contributed by atoms with E-state index in [1.54, 1.807) is 11.8 Å². The normalized spacial score (nSPS) is 25.2. The van der Waals surface area contributed by atoms with Gasteiger partial charge in [0.1, 0.15) is 35.1 Å². The van der Waals surface area contributed by atoms with Crippen molar-refractivity contribution >= 4 is 61.3 Å². The summed E-state index contributed by atoms with van der Waals surface area (Å²) in [6.07, 6.45) is 3.05. The first kappa shape index (κ1) is 22.4. The SMILES string of the molecule is CNc1ncnc2c1ccn2[C@@H]1S[C@](C)(CCc2ccc3cc(Br)c(N)nc3c2)[C@@H](O)[C@H]1O. The lowest BCUT2D eigenvalue weighted by molar-refractivity contribution is 0.000372. The van der Waals surface area contributed by atoms with Crippen LogP contribution in [-0.2, 0) is 6.42 Å². The Morgan fingerprint density at radius 2 is 2.06 bits per heavy atom. The molecular weight excluding hydrogens is 504 g/mol. The molecule has 4 heterocycles. The molecule has 1 saturated heterocycles. The van der Waals surface area contributed by atoms with E-state index in [1.165, 1.54) is 6.33 Å². The average molecular weight is 529 g/mol. The van der Waals surface area contributed by atoms with Crippen LogP contribution in [0.25, 0.3) is 21.9 Å². The summed E-state index contributed by atoms with van der Waals surface area (Å²) in [6.45, 7) is 2.01. The molecule has 1 aliphatic heterocycles. The predicted molar refractivity (Wildman–Crippen MR) is 136 cm³/mol. The van der Waals surface area contributed by atoms with Crippen LogP contribution in [0.3, 0.4) is 0 Å². The number of thioether (sulfide) groups is 1. The van der Waals surface area contributed by atoms with Crippen molar-refractivity contribution in [2.45, 2.75) is 42.1 Å². The number of fused-ring (bicyclic) bond motifs is 2. The fraction of sp³-hybridized carbons (Fsp3) is 0.348. The van der Waals surface area contributed by atoms with Crippen LogP contribution < -0.4 is 11.1 Å². The summed E-state index contributed by atoms with van der Waals surface area (Å²) in [6, 6.07) is 10.0. The zero-order valence-electron chi connectivity index (χ0n) is 18.2. The molecule has 10 heteroatoms. The molecule has 1 fully saturated rings. The van der Waals surface area contributed by atoms with Gasteiger partial charge in [0, 0.05) is 23.4 Å². The van der Waals surface area contributed by atoms with Crippen LogP contribution in [0.5, 0.6) is 0 Å². The molecule has 0 radical (unpaired) electrons. The Kier molecular flexibility index (Phi) is 5.72. The van der Waals surface area contributed by atoms with Gasteiger partial charge in [0.25, 0.3) is 0 Å². The molecule has 0 saturated carbocycles. The van der Waals surface area contributed by atoms with E-state index < -0.39 is 17.0 Å². The monoisotopic (exact) mass is 528 g/mol. The molecule has 33 heavy (non-hydrogen) atoms. The Hall–Kier alpha value is -2.40. The van der Waals surface area contributed by atoms with E-state index in [1.807, 2.05) is 49.0 Å². The summed E-state index contributed by atoms with van der Waals surface area (Å²) in [5, 5.41) is 26.6. The lowest BCUT2D eigenvalue weighted by Crippen LogP contribution is -2.39. The first-order valence-electron chi connectivity index (χ1n) is 10.7. The third kappa shape index (κ3) is 3.84. The topological polar surface area (TPSA) is 122 Å². The zero-order valence-corrected chi connectivity index (χ0v) is 20.6. The van der Waals surface area contributed by atoms with E-state index in [-0.39, 0.29) is 5.37 Å². The molecule has 0 amide bonds. The van der Waals surface area contributed by atoms with Gasteiger partial charge in [-0.3, -0.25) is 0 Å². The molecule has 5 rings (SSSR count). The van der Waals surface area contributed by atoms with Gasteiger partial charge in [-0.15, -0.1) is 11.8 Å². The number of nitrogen functional groups attached to an aromatic ring is 1. The smallest absolute Gasteiger partial charge is 0.146 e. The molecule has 3 aromatic heterocycles. The highest BCUT2D eigenvalue weighted by Crippen LogP contribution is 2.52. The second-order valence-electron chi connectivity index (χ2n) is 8.57. The Labute approximate surface area is 203 Å². The van der Waals surface area contributed by atoms with Gasteiger partial charge >= 0.3 is 0 Å². The quantitative estimate of drug-likeness (QED) is 0.309. The number of nitrogens with two attached hydrogens (primary N) is 1. The van der Waals surface area contributed by atoms with E-state index in [2.05, 4.69) is 42.3 Å². The molecule has 1 aromatic carbocycles. The van der Waals surface area contributed by atoms with Gasteiger partial charge in [-0.1, -0.05) is 12.1 Å². The molecular formula is C23H25BrN6O2S. The van der Waals surface area contributed by atoms with Crippen LogP contribution in [0.1, 0.15) is 24.3 Å². The van der Waals surface area contributed by atoms with Crippen molar-refractivity contribution in [3.8, 4) is 0 Å². The molecule has 8 nitrogen and oxygen atoms in total. The number of rotatable bonds is 5. The molecule has 0 unspecified atom stereocenters. The van der Waals surface area contributed by atoms with Crippen LogP contribution in [0, 0.1) is 0 Å². The second-order valence-corrected chi connectivity index (χ2v) is 11.1. The van der Waals surface area contributed by atoms with Gasteiger partial charge in [-0.05, 0) is 59.5 Å². The maximum Gasteiger partial charge on any atom is 0.146 e. The van der Waals surface area contributed by atoms with E-state index in [0.29, 0.717) is 12.2 Å². The van der Waals surface area contributed by atoms with Crippen molar-refractivity contribution in [3.63, 3.8) is 0 Å². The fourth-order valence-corrected chi connectivity index (χ4v) is 6.44. The van der Waals surface area contributed by atoms with Crippen LogP contribution in [0.2, 0.25) is 0 Å². The summed E-state index contributed by atoms with van der Waals surface area (Å²) in [5.41, 5.74) is 8.63. The Balaban J connectivity index is 1.38. The molecule has 0 spiro atoms. The van der Waals surface area contributed by atoms with Crippen molar-refractivity contribution in [3.05, 3.63) is 52.9 Å². The number of aromatic nitrogens is 4. The number of benzene rings is 1. The van der Waals surface area contributed by atoms with Crippen molar-refractivity contribution in [1.82, 2.24) is 19.5 Å². The number of aryl methyl sites for hydroxylation is 1. The predicted octanol–water partition coefficient (Wildman–Crippen LogP) is 3.72. The van der Waals surface area contributed by atoms with Gasteiger partial charge in [0.05, 0.1) is 21.5 Å². The van der Waals surface area contributed by atoms with Gasteiger partial charge in [0.2, 0.25) is 0 Å². The zero-order chi connectivity index (χ0) is 23.3. The van der Waals surface area contributed by atoms with Crippen LogP contribution in [0.4, 0.5) is 11.6 Å². The lowest BCUT2D eigenvalue weighted by atomic mass is 9.92. The van der Waals surface area contributed by atoms with Crippen molar-refractivity contribution in [2.75, 3.05) is 18.1 Å². The van der Waals surface area contributed by atoms with Gasteiger partial charge in [-0.2, -0.15) is 0 Å². The Morgan fingerprint density at radius 3 is 2.85 bits per heavy atom. The highest BCUT2D eigenvalue weighted by Gasteiger charge is 2.51. The number of anilines is 2. The minimum Gasteiger partial charge on any atom is -0.389 e. The third-order valence-corrected chi connectivity index (χ3v) is 8.79. The molecule has 4 aromatic rings. The van der Waals surface area contributed by atoms with E-state index in [4.69, 9.17) is 5.73 Å². The summed E-state index contributed by atoms with van der Waals surface area (Å²) < 4.78 is 2.19. The second kappa shape index (κ2) is 8.43. The van der Waals surface area contributed by atoms with Crippen LogP contribution in [-0.4, -0.2) is 53.7 Å². The van der Waals surface area contributed by atoms with Gasteiger partial charge in [-0.25, -0.2) is 15.0 Å². The van der Waals surface area contributed by atoms with Gasteiger partial charge in [0.15, 0.2) is 0 Å². The van der Waals surface area contributed by atoms with E-state index >= 15 is 0 Å². The number of nitrogens with one attached hydrogen (secondary N) is 1. The maximum absolute atomic E-state index is 11.0. The van der Waals surface area contributed by atoms with Crippen LogP contribution >= 0.6 is 27.7 Å². The third-order valence-electron chi connectivity index (χ3n) is 6.42. The Bertz CT molecular complexity index is 1350. The Morgan fingerprint density at radius 1 is 1.24 bits per heavy atom. The number of aliphatic hydroxyl groups is 2. The largest absolute Gasteiger partial charge is 0.389 e. The fourth-order valence-electron chi connectivity index (χ4n) is 4.49. The number of aliphatic hydroxyl groups excluding tert-OH is 2. The maximum atomic E-state index is 11.0. The minimum atomic E-state index is -0.918. The summed E-state index contributed by atoms with van der Waals surface area (Å²) in [4.78, 5) is 13.1. The summed E-state index contributed by atoms with van der Waals surface area (Å²) >= 11 is 5.00. The lowest BCUT2D eigenvalue weighted by Gasteiger charge is -2.27. The molecule has 0 bridgehead atoms. The highest BCUT2D eigenvalue weighted by atomic mass is 79.9. The van der Waals surface area contributed by atoms with Gasteiger partial charge < -0.3 is 25.8 Å². The summed E-state index contributed by atoms with van der Waals surface area (Å²) in [5.74, 6) is 1.20. The van der Waals surface area contributed by atoms with E-state index in [9.17, 15) is 10.2 Å². The molecule has 5 N–H and O–H groups in total. The molecule has 172 valence electrons. The van der Waals surface area contributed by atoms with Crippen LogP contribution in [0.15, 0.2) is 47.3 Å². The molecule has 0 aliphatic carbocycles. The minimum absolute atomic E-state index is 0.350. The first-order valence-corrected chi connectivity index (χ1v) is 12.4. The summed E-state index contributed by atoms with van der Waals surface area (Å²) in [7, 11) is 1.81. The molecule has 1 aliphatic rings. The van der Waals surface area contributed by atoms with Crippen molar-refractivity contribution in [2.24, 2.45) is 0 Å². The van der Waals surface area contributed by atoms with E-state index in [0.717, 1.165) is 44.2 Å². The number of pyridine rings is 1. The average Bonchev–Trinajstić information content (AvgIpc) is 3.33. The standard InChI is InChI=1S/C23H25BrN6O2S/c1-23(7-5-12-3-4-13-10-15(24)19(25)29-16(13)9-12)18(32)17(31)22(33-23)30-8-6-14-20(26-2)27-11-28-21(14)30/h3-4,6,8-11,17-18,22,31-32H,5,7H2,1-2H3,(H2,25,29)(H,26,27,28)/t17-,18+,22-,23-/m1/s1. The van der Waals surface area contributed by atoms with Crippen molar-refractivity contribution in [1.29, 1.82) is 0 Å². The number of nitrogens with zero attached hydrogens (tertiary/aromatic N) is 4. The molecule has 4 atom stereocenters. The first-order chi connectivity index (χ1) is 15.8. The number of hydrogen-bond acceptors (Lipinski definition) is 8. The van der Waals surface area contributed by atoms with Crippen molar-refractivity contribution < 1.29 is 10.2 Å². The number of hydrogen-bond donors (Lipinski definition) is 4. The highest BCUT2D eigenvalue weighted by molar-refractivity contribution is 9.10.